The fourth-order valence-electron chi connectivity index (χ4n) is 4.25. The number of amides is 1. The lowest BCUT2D eigenvalue weighted by atomic mass is 9.98. The van der Waals surface area contributed by atoms with Gasteiger partial charge in [0.15, 0.2) is 0 Å². The Bertz CT molecular complexity index is 1080. The SMILES string of the molecule is COc1ccccc1CC[C@@H](NC(=O)OCC1c2ccccc2-c2ccccc21)C(=O)O. The zero-order valence-corrected chi connectivity index (χ0v) is 17.8. The van der Waals surface area contributed by atoms with E-state index < -0.39 is 18.1 Å². The van der Waals surface area contributed by atoms with E-state index in [1.165, 1.54) is 0 Å². The van der Waals surface area contributed by atoms with E-state index in [0.717, 1.165) is 27.8 Å². The molecule has 0 heterocycles. The van der Waals surface area contributed by atoms with E-state index in [2.05, 4.69) is 17.4 Å². The van der Waals surface area contributed by atoms with Gasteiger partial charge in [0, 0.05) is 5.92 Å². The molecule has 0 fully saturated rings. The maximum absolute atomic E-state index is 12.5. The summed E-state index contributed by atoms with van der Waals surface area (Å²) in [6, 6.07) is 22.5. The standard InChI is InChI=1S/C26H25NO5/c1-31-24-13-7-2-8-17(24)14-15-23(25(28)29)27-26(30)32-16-22-20-11-5-3-9-18(20)19-10-4-6-12-21(19)22/h2-13,22-23H,14-16H2,1H3,(H,27,30)(H,28,29)/t23-/m1/s1. The van der Waals surface area contributed by atoms with Crippen molar-refractivity contribution in [3.05, 3.63) is 89.5 Å². The molecular formula is C26H25NO5. The van der Waals surface area contributed by atoms with Crippen molar-refractivity contribution in [3.63, 3.8) is 0 Å². The van der Waals surface area contributed by atoms with Gasteiger partial charge in [0.1, 0.15) is 18.4 Å². The molecule has 4 rings (SSSR count). The van der Waals surface area contributed by atoms with Crippen LogP contribution in [0.5, 0.6) is 5.75 Å². The van der Waals surface area contributed by atoms with Crippen molar-refractivity contribution in [1.82, 2.24) is 5.32 Å². The summed E-state index contributed by atoms with van der Waals surface area (Å²) in [6.45, 7) is 0.138. The number of methoxy groups -OCH3 is 1. The van der Waals surface area contributed by atoms with Gasteiger partial charge in [0.2, 0.25) is 0 Å². The molecule has 3 aromatic rings. The Kier molecular flexibility index (Phi) is 6.40. The first-order chi connectivity index (χ1) is 15.6. The Morgan fingerprint density at radius 2 is 1.53 bits per heavy atom. The predicted molar refractivity (Wildman–Crippen MR) is 121 cm³/mol. The lowest BCUT2D eigenvalue weighted by molar-refractivity contribution is -0.139. The van der Waals surface area contributed by atoms with Gasteiger partial charge >= 0.3 is 12.1 Å². The highest BCUT2D eigenvalue weighted by Gasteiger charge is 2.29. The second-order valence-electron chi connectivity index (χ2n) is 7.71. The summed E-state index contributed by atoms with van der Waals surface area (Å²) in [4.78, 5) is 24.1. The topological polar surface area (TPSA) is 84.9 Å². The van der Waals surface area contributed by atoms with E-state index in [-0.39, 0.29) is 18.9 Å². The quantitative estimate of drug-likeness (QED) is 0.544. The van der Waals surface area contributed by atoms with Crippen molar-refractivity contribution in [2.24, 2.45) is 0 Å². The number of nitrogens with one attached hydrogen (secondary N) is 1. The van der Waals surface area contributed by atoms with Crippen LogP contribution in [0.15, 0.2) is 72.8 Å². The summed E-state index contributed by atoms with van der Waals surface area (Å²) >= 11 is 0. The molecule has 32 heavy (non-hydrogen) atoms. The number of benzene rings is 3. The summed E-state index contributed by atoms with van der Waals surface area (Å²) in [5, 5.41) is 12.1. The Hall–Kier alpha value is -3.80. The molecule has 0 aliphatic heterocycles. The van der Waals surface area contributed by atoms with Gasteiger partial charge in [-0.15, -0.1) is 0 Å². The molecule has 0 aromatic heterocycles. The first kappa shape index (κ1) is 21.4. The molecule has 0 bridgehead atoms. The van der Waals surface area contributed by atoms with Crippen LogP contribution in [0.4, 0.5) is 4.79 Å². The number of fused-ring (bicyclic) bond motifs is 3. The fraction of sp³-hybridized carbons (Fsp3) is 0.231. The van der Waals surface area contributed by atoms with E-state index in [0.29, 0.717) is 12.2 Å². The highest BCUT2D eigenvalue weighted by Crippen LogP contribution is 2.44. The third kappa shape index (κ3) is 4.44. The minimum atomic E-state index is -1.10. The number of carboxylic acids is 1. The molecule has 1 aliphatic rings. The summed E-state index contributed by atoms with van der Waals surface area (Å²) in [6.07, 6.45) is -0.0656. The van der Waals surface area contributed by atoms with E-state index in [9.17, 15) is 14.7 Å². The molecule has 6 heteroatoms. The number of aliphatic carboxylic acids is 1. The number of rotatable bonds is 8. The number of carboxylic acid groups (broad SMARTS) is 1. The Balaban J connectivity index is 1.39. The molecule has 3 aromatic carbocycles. The Morgan fingerprint density at radius 1 is 0.938 bits per heavy atom. The maximum atomic E-state index is 12.5. The molecule has 0 unspecified atom stereocenters. The third-order valence-corrected chi connectivity index (χ3v) is 5.83. The molecule has 164 valence electrons. The highest BCUT2D eigenvalue weighted by molar-refractivity contribution is 5.81. The fourth-order valence-corrected chi connectivity index (χ4v) is 4.25. The van der Waals surface area contributed by atoms with Crippen molar-refractivity contribution in [2.45, 2.75) is 24.8 Å². The smallest absolute Gasteiger partial charge is 0.407 e. The van der Waals surface area contributed by atoms with E-state index in [4.69, 9.17) is 9.47 Å². The number of para-hydroxylation sites is 1. The predicted octanol–water partition coefficient (Wildman–Crippen LogP) is 4.62. The van der Waals surface area contributed by atoms with E-state index in [1.807, 2.05) is 60.7 Å². The van der Waals surface area contributed by atoms with Crippen LogP contribution < -0.4 is 10.1 Å². The van der Waals surface area contributed by atoms with Crippen LogP contribution in [-0.2, 0) is 16.0 Å². The van der Waals surface area contributed by atoms with Crippen molar-refractivity contribution in [3.8, 4) is 16.9 Å². The van der Waals surface area contributed by atoms with Gasteiger partial charge in [-0.05, 0) is 46.7 Å². The highest BCUT2D eigenvalue weighted by atomic mass is 16.5. The zero-order chi connectivity index (χ0) is 22.5. The van der Waals surface area contributed by atoms with Gasteiger partial charge in [-0.25, -0.2) is 9.59 Å². The minimum absolute atomic E-state index is 0.0787. The average Bonchev–Trinajstić information content (AvgIpc) is 3.14. The van der Waals surface area contributed by atoms with Crippen molar-refractivity contribution in [1.29, 1.82) is 0 Å². The third-order valence-electron chi connectivity index (χ3n) is 5.83. The van der Waals surface area contributed by atoms with Crippen LogP contribution in [0.1, 0.15) is 29.0 Å². The number of hydrogen-bond acceptors (Lipinski definition) is 4. The van der Waals surface area contributed by atoms with Gasteiger partial charge in [-0.3, -0.25) is 0 Å². The molecule has 6 nitrogen and oxygen atoms in total. The van der Waals surface area contributed by atoms with Crippen LogP contribution in [0.2, 0.25) is 0 Å². The number of aryl methyl sites for hydroxylation is 1. The molecule has 0 saturated heterocycles. The zero-order valence-electron chi connectivity index (χ0n) is 17.8. The normalized spacial score (nSPS) is 13.0. The van der Waals surface area contributed by atoms with Gasteiger partial charge in [-0.1, -0.05) is 66.7 Å². The lowest BCUT2D eigenvalue weighted by Gasteiger charge is -2.18. The maximum Gasteiger partial charge on any atom is 0.407 e. The monoisotopic (exact) mass is 431 g/mol. The van der Waals surface area contributed by atoms with Gasteiger partial charge in [0.25, 0.3) is 0 Å². The number of hydrogen-bond donors (Lipinski definition) is 2. The van der Waals surface area contributed by atoms with Crippen LogP contribution in [0.3, 0.4) is 0 Å². The van der Waals surface area contributed by atoms with Crippen LogP contribution >= 0.6 is 0 Å². The van der Waals surface area contributed by atoms with E-state index >= 15 is 0 Å². The molecule has 0 radical (unpaired) electrons. The van der Waals surface area contributed by atoms with Gasteiger partial charge < -0.3 is 19.9 Å². The number of carbonyl (C=O) groups excluding carboxylic acids is 1. The number of alkyl carbamates (subject to hydrolysis) is 1. The molecule has 0 spiro atoms. The summed E-state index contributed by atoms with van der Waals surface area (Å²) < 4.78 is 10.8. The molecule has 1 amide bonds. The summed E-state index contributed by atoms with van der Waals surface area (Å²) in [7, 11) is 1.57. The lowest BCUT2D eigenvalue weighted by Crippen LogP contribution is -2.41. The number of carbonyl (C=O) groups is 2. The first-order valence-corrected chi connectivity index (χ1v) is 10.5. The van der Waals surface area contributed by atoms with Crippen molar-refractivity contribution >= 4 is 12.1 Å². The molecule has 2 N–H and O–H groups in total. The Morgan fingerprint density at radius 3 is 2.16 bits per heavy atom. The second-order valence-corrected chi connectivity index (χ2v) is 7.71. The van der Waals surface area contributed by atoms with Crippen LogP contribution in [-0.4, -0.2) is 36.9 Å². The van der Waals surface area contributed by atoms with E-state index in [1.54, 1.807) is 7.11 Å². The Labute approximate surface area is 186 Å². The first-order valence-electron chi connectivity index (χ1n) is 10.5. The average molecular weight is 431 g/mol. The van der Waals surface area contributed by atoms with Gasteiger partial charge in [0.05, 0.1) is 7.11 Å². The second kappa shape index (κ2) is 9.56. The molecular weight excluding hydrogens is 406 g/mol. The van der Waals surface area contributed by atoms with Crippen molar-refractivity contribution in [2.75, 3.05) is 13.7 Å². The minimum Gasteiger partial charge on any atom is -0.496 e. The molecule has 0 saturated carbocycles. The number of ether oxygens (including phenoxy) is 2. The van der Waals surface area contributed by atoms with Gasteiger partial charge in [-0.2, -0.15) is 0 Å². The molecule has 1 aliphatic carbocycles. The molecule has 1 atom stereocenters. The van der Waals surface area contributed by atoms with Crippen LogP contribution in [0.25, 0.3) is 11.1 Å². The summed E-state index contributed by atoms with van der Waals surface area (Å²) in [5.74, 6) is -0.490. The largest absolute Gasteiger partial charge is 0.496 e. The van der Waals surface area contributed by atoms with Crippen LogP contribution in [0, 0.1) is 0 Å². The van der Waals surface area contributed by atoms with Crippen molar-refractivity contribution < 1.29 is 24.2 Å². The summed E-state index contributed by atoms with van der Waals surface area (Å²) in [5.41, 5.74) is 5.37.